The molecular weight excluding hydrogens is 1680 g/mol. The molecule has 4 heterocycles. The Kier molecular flexibility index (Phi) is 28.3. The second kappa shape index (κ2) is 42.6. The molecule has 4 unspecified atom stereocenters. The van der Waals surface area contributed by atoms with Gasteiger partial charge in [-0.25, -0.2) is 39.9 Å². The largest absolute Gasteiger partial charge is 0.382 e. The van der Waals surface area contributed by atoms with Crippen molar-refractivity contribution in [1.29, 1.82) is 0 Å². The Hall–Kier alpha value is -15.8. The number of hydrogen-bond donors (Lipinski definition) is 8. The lowest BCUT2D eigenvalue weighted by Crippen LogP contribution is -2.21. The van der Waals surface area contributed by atoms with Crippen molar-refractivity contribution >= 4 is 57.7 Å². The van der Waals surface area contributed by atoms with Gasteiger partial charge in [-0.2, -0.15) is 0 Å². The van der Waals surface area contributed by atoms with Gasteiger partial charge in [-0.3, -0.25) is 19.2 Å². The van der Waals surface area contributed by atoms with Gasteiger partial charge in [-0.05, 0) is 148 Å². The van der Waals surface area contributed by atoms with E-state index in [-0.39, 0.29) is 36.5 Å². The van der Waals surface area contributed by atoms with Crippen LogP contribution in [0.1, 0.15) is 156 Å². The molecule has 0 saturated heterocycles. The topological polar surface area (TPSA) is 300 Å². The van der Waals surface area contributed by atoms with Gasteiger partial charge in [0, 0.05) is 35.1 Å². The summed E-state index contributed by atoms with van der Waals surface area (Å²) in [6.45, 7) is 0. The van der Waals surface area contributed by atoms with Crippen LogP contribution in [0, 0.1) is 0 Å². The standard InChI is InChI=1S/C31H25N3O2.C29H27N3O2.C28H25N3O2.C27H23N3O2/c35-27(19-20-14-15-21-8-4-5-12-24(21)18-20)33-31-29(30(36)23-10-2-1-3-11-23)34-28-25-13-7-6-9-22(25)16-17-26(28)32-31;33-25(17-9-12-20-10-3-1-4-11-20)31-29-27(28(34)22-14-5-2-6-15-22)32-26-23-16-8-7-13-21(23)18-19-24(26)30-29;32-24(18-15-19-9-3-1-4-10-19)30-28-26(27(33)21-12-5-2-6-13-21)31-25-22-14-8-7-11-20(22)16-17-23(25)29-28;31-23(17-18-9-3-1-4-10-18)29-27-25(26(32)20-12-5-2-6-13-20)30-24-21-14-8-7-11-19(21)15-16-22(24)28-27/h1-15,18,30,36H,16-17,19H2,(H,32,33,35);1-8,10-11,13-16,28,34H,9,12,17-19H2,(H,30,31,33);1-14,27,33H,15-18H2,(H,29,30,32);1-14,26,32H,15-17H2,(H,28,29,31). The predicted octanol–water partition coefficient (Wildman–Crippen LogP) is 20.3. The summed E-state index contributed by atoms with van der Waals surface area (Å²) < 4.78 is 0. The van der Waals surface area contributed by atoms with Gasteiger partial charge in [0.1, 0.15) is 47.2 Å². The van der Waals surface area contributed by atoms with Gasteiger partial charge in [-0.1, -0.05) is 352 Å². The van der Waals surface area contributed by atoms with Gasteiger partial charge < -0.3 is 41.7 Å². The molecule has 0 spiro atoms. The molecule has 17 aromatic rings. The first-order valence-electron chi connectivity index (χ1n) is 45.9. The van der Waals surface area contributed by atoms with Crippen molar-refractivity contribution in [1.82, 2.24) is 39.9 Å². The second-order valence-corrected chi connectivity index (χ2v) is 33.9. The minimum Gasteiger partial charge on any atom is -0.382 e. The van der Waals surface area contributed by atoms with Gasteiger partial charge in [0.25, 0.3) is 0 Å². The van der Waals surface area contributed by atoms with Crippen LogP contribution in [-0.4, -0.2) is 83.9 Å². The van der Waals surface area contributed by atoms with Crippen molar-refractivity contribution in [3.05, 3.63) is 464 Å². The third-order valence-corrected chi connectivity index (χ3v) is 24.7. The van der Waals surface area contributed by atoms with Crippen LogP contribution in [0.3, 0.4) is 0 Å². The average Bonchev–Trinajstić information content (AvgIpc) is 0.777. The van der Waals surface area contributed by atoms with Crippen molar-refractivity contribution in [3.63, 3.8) is 0 Å². The first-order chi connectivity index (χ1) is 66.2. The molecule has 8 N–H and O–H groups in total. The third kappa shape index (κ3) is 21.7. The summed E-state index contributed by atoms with van der Waals surface area (Å²) in [5, 5.41) is 58.8. The van der Waals surface area contributed by atoms with E-state index in [2.05, 4.69) is 63.7 Å². The molecule has 4 aliphatic carbocycles. The van der Waals surface area contributed by atoms with Crippen LogP contribution in [0.4, 0.5) is 23.3 Å². The van der Waals surface area contributed by atoms with E-state index in [4.69, 9.17) is 39.9 Å². The molecule has 0 bridgehead atoms. The fourth-order valence-electron chi connectivity index (χ4n) is 17.7. The van der Waals surface area contributed by atoms with Crippen molar-refractivity contribution in [2.75, 3.05) is 21.3 Å². The summed E-state index contributed by atoms with van der Waals surface area (Å²) in [5.74, 6) is 0.659. The molecular formula is C115H100N12O8. The maximum absolute atomic E-state index is 13.1. The number of anilines is 4. The normalized spacial score (nSPS) is 13.0. The molecule has 0 fully saturated rings. The summed E-state index contributed by atoms with van der Waals surface area (Å²) >= 11 is 0. The molecule has 0 radical (unpaired) electrons. The van der Waals surface area contributed by atoms with Gasteiger partial charge in [-0.15, -0.1) is 0 Å². The summed E-state index contributed by atoms with van der Waals surface area (Å²) in [5.41, 5.74) is 23.9. The minimum absolute atomic E-state index is 0.122. The third-order valence-electron chi connectivity index (χ3n) is 24.7. The van der Waals surface area contributed by atoms with E-state index in [9.17, 15) is 39.6 Å². The Labute approximate surface area is 783 Å². The number of aliphatic hydroxyl groups excluding tert-OH is 4. The number of nitrogens with zero attached hydrogens (tertiary/aromatic N) is 8. The van der Waals surface area contributed by atoms with E-state index in [1.54, 1.807) is 0 Å². The van der Waals surface area contributed by atoms with Crippen molar-refractivity contribution in [2.24, 2.45) is 0 Å². The van der Waals surface area contributed by atoms with Gasteiger partial charge in [0.05, 0.1) is 58.4 Å². The fraction of sp³-hybridized carbons (Fsp3) is 0.165. The van der Waals surface area contributed by atoms with E-state index >= 15 is 0 Å². The Bertz CT molecular complexity index is 7090. The van der Waals surface area contributed by atoms with Crippen molar-refractivity contribution in [3.8, 4) is 45.0 Å². The number of carbonyl (C=O) groups is 4. The zero-order valence-electron chi connectivity index (χ0n) is 74.4. The fourth-order valence-corrected chi connectivity index (χ4v) is 17.7. The average molecular weight is 1780 g/mol. The number of aliphatic hydroxyl groups is 4. The molecule has 20 heteroatoms. The zero-order chi connectivity index (χ0) is 92.4. The Morgan fingerprint density at radius 2 is 0.511 bits per heavy atom. The van der Waals surface area contributed by atoms with Crippen LogP contribution in [0.2, 0.25) is 0 Å². The smallest absolute Gasteiger partial charge is 0.229 e. The molecule has 668 valence electrons. The Morgan fingerprint density at radius 1 is 0.244 bits per heavy atom. The van der Waals surface area contributed by atoms with Crippen LogP contribution in [-0.2, 0) is 96.2 Å². The maximum Gasteiger partial charge on any atom is 0.229 e. The monoisotopic (exact) mass is 1780 g/mol. The highest BCUT2D eigenvalue weighted by Crippen LogP contribution is 2.42. The first-order valence-corrected chi connectivity index (χ1v) is 45.9. The highest BCUT2D eigenvalue weighted by atomic mass is 16.3. The molecule has 0 aliphatic heterocycles. The van der Waals surface area contributed by atoms with E-state index in [1.165, 1.54) is 27.8 Å². The number of carbonyl (C=O) groups excluding carboxylic acids is 4. The molecule has 21 rings (SSSR count). The SMILES string of the molecule is O=C(CCCc1ccccc1)Nc1nc2c(nc1C(O)c1ccccc1)-c1ccccc1CC2.O=C(CCc1ccccc1)Nc1nc2c(nc1C(O)c1ccccc1)-c1ccccc1CC2.O=C(Cc1ccc2ccccc2c1)Nc1nc2c(nc1C(O)c1ccccc1)-c1ccccc1CC2.O=C(Cc1ccccc1)Nc1nc2c(nc1C(O)c1ccccc1)-c1ccccc1CC2. The number of aromatic nitrogens is 8. The van der Waals surface area contributed by atoms with Crippen molar-refractivity contribution < 1.29 is 39.6 Å². The first kappa shape index (κ1) is 89.7. The molecule has 4 atom stereocenters. The quantitative estimate of drug-likeness (QED) is 0.0295. The molecule has 20 nitrogen and oxygen atoms in total. The number of aryl methyl sites for hydroxylation is 10. The van der Waals surface area contributed by atoms with Gasteiger partial charge in [0.2, 0.25) is 23.6 Å². The summed E-state index contributed by atoms with van der Waals surface area (Å²) in [7, 11) is 0. The predicted molar refractivity (Wildman–Crippen MR) is 528 cm³/mol. The molecule has 0 saturated carbocycles. The van der Waals surface area contributed by atoms with E-state index < -0.39 is 24.4 Å². The Morgan fingerprint density at radius 3 is 0.852 bits per heavy atom. The summed E-state index contributed by atoms with van der Waals surface area (Å²) in [6, 6.07) is 114. The van der Waals surface area contributed by atoms with E-state index in [0.717, 1.165) is 159 Å². The van der Waals surface area contributed by atoms with E-state index in [1.807, 2.05) is 309 Å². The zero-order valence-corrected chi connectivity index (χ0v) is 74.4. The summed E-state index contributed by atoms with van der Waals surface area (Å²) in [4.78, 5) is 90.3. The van der Waals surface area contributed by atoms with E-state index in [0.29, 0.717) is 87.6 Å². The minimum atomic E-state index is -1.02. The lowest BCUT2D eigenvalue weighted by molar-refractivity contribution is -0.117. The van der Waals surface area contributed by atoms with Gasteiger partial charge >= 0.3 is 0 Å². The maximum atomic E-state index is 13.1. The summed E-state index contributed by atoms with van der Waals surface area (Å²) in [6.07, 6.45) is 5.76. The number of rotatable bonds is 23. The second-order valence-electron chi connectivity index (χ2n) is 33.9. The van der Waals surface area contributed by atoms with Crippen LogP contribution in [0.5, 0.6) is 0 Å². The number of hydrogen-bond acceptors (Lipinski definition) is 16. The lowest BCUT2D eigenvalue weighted by Gasteiger charge is -2.22. The number of benzene rings is 13. The highest BCUT2D eigenvalue weighted by molar-refractivity contribution is 5.95. The molecule has 13 aromatic carbocycles. The van der Waals surface area contributed by atoms with Gasteiger partial charge in [0.15, 0.2) is 23.3 Å². The molecule has 4 aliphatic rings. The molecule has 135 heavy (non-hydrogen) atoms. The molecule has 4 amide bonds. The highest BCUT2D eigenvalue weighted by Gasteiger charge is 2.32. The van der Waals surface area contributed by atoms with Crippen molar-refractivity contribution in [2.45, 2.75) is 121 Å². The number of fused-ring (bicyclic) bond motifs is 13. The Balaban J connectivity index is 0.000000120. The number of nitrogens with one attached hydrogen (secondary N) is 4. The van der Waals surface area contributed by atoms with Crippen LogP contribution >= 0.6 is 0 Å². The van der Waals surface area contributed by atoms with Crippen LogP contribution in [0.25, 0.3) is 55.8 Å². The molecule has 4 aromatic heterocycles. The van der Waals surface area contributed by atoms with Crippen LogP contribution < -0.4 is 21.3 Å². The number of amides is 4. The lowest BCUT2D eigenvalue weighted by atomic mass is 9.91. The van der Waals surface area contributed by atoms with Crippen LogP contribution in [0.15, 0.2) is 352 Å².